The largest absolute Gasteiger partial charge is 0.383 e. The smallest absolute Gasteiger partial charge is 0.188 e. The van der Waals surface area contributed by atoms with Crippen LogP contribution in [-0.4, -0.2) is 56.8 Å². The highest BCUT2D eigenvalue weighted by molar-refractivity contribution is 5.78. The van der Waals surface area contributed by atoms with Gasteiger partial charge in [0.1, 0.15) is 0 Å². The van der Waals surface area contributed by atoms with Gasteiger partial charge in [-0.15, -0.1) is 0 Å². The standard InChI is InChI=1S/C14H30N4O/c1-11(2)8-18-6-5-13(9-18)7-16-14(15)17-12(3)10-19-4/h11-13H,5-10H2,1-4H3,(H3,15,16,17). The van der Waals surface area contributed by atoms with Crippen LogP contribution in [0.2, 0.25) is 0 Å². The number of methoxy groups -OCH3 is 1. The fourth-order valence-corrected chi connectivity index (χ4v) is 2.56. The van der Waals surface area contributed by atoms with Crippen LogP contribution in [0.4, 0.5) is 0 Å². The molecule has 0 aromatic rings. The molecule has 0 amide bonds. The number of nitrogens with one attached hydrogen (secondary N) is 1. The highest BCUT2D eigenvalue weighted by atomic mass is 16.5. The van der Waals surface area contributed by atoms with E-state index in [9.17, 15) is 0 Å². The normalized spacial score (nSPS) is 23.0. The zero-order valence-electron chi connectivity index (χ0n) is 12.9. The fourth-order valence-electron chi connectivity index (χ4n) is 2.56. The molecule has 0 aliphatic carbocycles. The molecular weight excluding hydrogens is 240 g/mol. The molecule has 5 heteroatoms. The summed E-state index contributed by atoms with van der Waals surface area (Å²) >= 11 is 0. The van der Waals surface area contributed by atoms with Crippen LogP contribution in [0.5, 0.6) is 0 Å². The number of guanidine groups is 1. The van der Waals surface area contributed by atoms with Crippen LogP contribution < -0.4 is 11.1 Å². The molecular formula is C14H30N4O. The highest BCUT2D eigenvalue weighted by Gasteiger charge is 2.22. The first-order valence-corrected chi connectivity index (χ1v) is 7.29. The lowest BCUT2D eigenvalue weighted by Gasteiger charge is -2.18. The van der Waals surface area contributed by atoms with Crippen LogP contribution in [-0.2, 0) is 4.74 Å². The highest BCUT2D eigenvalue weighted by Crippen LogP contribution is 2.17. The first kappa shape index (κ1) is 16.2. The summed E-state index contributed by atoms with van der Waals surface area (Å²) in [7, 11) is 1.69. The number of aliphatic imine (C=N–C) groups is 1. The molecule has 0 aromatic heterocycles. The van der Waals surface area contributed by atoms with Crippen LogP contribution in [0.1, 0.15) is 27.2 Å². The summed E-state index contributed by atoms with van der Waals surface area (Å²) in [6.07, 6.45) is 1.23. The van der Waals surface area contributed by atoms with Gasteiger partial charge in [0, 0.05) is 32.8 Å². The molecule has 2 atom stereocenters. The van der Waals surface area contributed by atoms with Gasteiger partial charge in [0.2, 0.25) is 0 Å². The minimum Gasteiger partial charge on any atom is -0.383 e. The van der Waals surface area contributed by atoms with Gasteiger partial charge in [0.05, 0.1) is 6.61 Å². The van der Waals surface area contributed by atoms with Gasteiger partial charge in [-0.2, -0.15) is 0 Å². The summed E-state index contributed by atoms with van der Waals surface area (Å²) < 4.78 is 5.05. The molecule has 19 heavy (non-hydrogen) atoms. The summed E-state index contributed by atoms with van der Waals surface area (Å²) in [5.41, 5.74) is 5.87. The molecule has 112 valence electrons. The van der Waals surface area contributed by atoms with Crippen LogP contribution in [0.3, 0.4) is 0 Å². The maximum Gasteiger partial charge on any atom is 0.188 e. The monoisotopic (exact) mass is 270 g/mol. The second-order valence-electron chi connectivity index (χ2n) is 6.03. The van der Waals surface area contributed by atoms with Crippen molar-refractivity contribution in [2.24, 2.45) is 22.6 Å². The van der Waals surface area contributed by atoms with E-state index in [4.69, 9.17) is 10.5 Å². The van der Waals surface area contributed by atoms with Crippen molar-refractivity contribution in [3.63, 3.8) is 0 Å². The van der Waals surface area contributed by atoms with Gasteiger partial charge in [0.25, 0.3) is 0 Å². The average Bonchev–Trinajstić information content (AvgIpc) is 2.73. The lowest BCUT2D eigenvalue weighted by Crippen LogP contribution is -2.41. The maximum absolute atomic E-state index is 5.87. The van der Waals surface area contributed by atoms with E-state index >= 15 is 0 Å². The van der Waals surface area contributed by atoms with Gasteiger partial charge < -0.3 is 20.7 Å². The topological polar surface area (TPSA) is 62.9 Å². The Bertz CT molecular complexity index is 281. The van der Waals surface area contributed by atoms with E-state index < -0.39 is 0 Å². The average molecular weight is 270 g/mol. The molecule has 1 aliphatic heterocycles. The van der Waals surface area contributed by atoms with Gasteiger partial charge in [0.15, 0.2) is 5.96 Å². The second-order valence-corrected chi connectivity index (χ2v) is 6.03. The van der Waals surface area contributed by atoms with Crippen molar-refractivity contribution in [2.45, 2.75) is 33.2 Å². The minimum atomic E-state index is 0.203. The van der Waals surface area contributed by atoms with Crippen LogP contribution in [0, 0.1) is 11.8 Å². The van der Waals surface area contributed by atoms with Crippen molar-refractivity contribution in [3.05, 3.63) is 0 Å². The summed E-state index contributed by atoms with van der Waals surface area (Å²) in [5.74, 6) is 1.92. The number of nitrogens with two attached hydrogens (primary N) is 1. The van der Waals surface area contributed by atoms with E-state index in [1.165, 1.54) is 19.5 Å². The molecule has 2 unspecified atom stereocenters. The number of hydrogen-bond acceptors (Lipinski definition) is 3. The van der Waals surface area contributed by atoms with Crippen molar-refractivity contribution >= 4 is 5.96 Å². The molecule has 3 N–H and O–H groups in total. The molecule has 1 rings (SSSR count). The Morgan fingerprint density at radius 1 is 1.47 bits per heavy atom. The summed E-state index contributed by atoms with van der Waals surface area (Å²) in [4.78, 5) is 6.97. The molecule has 0 radical (unpaired) electrons. The van der Waals surface area contributed by atoms with Crippen molar-refractivity contribution in [3.8, 4) is 0 Å². The molecule has 1 aliphatic rings. The summed E-state index contributed by atoms with van der Waals surface area (Å²) in [5, 5.41) is 3.14. The zero-order chi connectivity index (χ0) is 14.3. The number of rotatable bonds is 7. The number of hydrogen-bond donors (Lipinski definition) is 2. The first-order chi connectivity index (χ1) is 9.01. The fraction of sp³-hybridized carbons (Fsp3) is 0.929. The molecule has 1 fully saturated rings. The third-order valence-corrected chi connectivity index (χ3v) is 3.32. The zero-order valence-corrected chi connectivity index (χ0v) is 12.9. The number of nitrogens with zero attached hydrogens (tertiary/aromatic N) is 2. The second kappa shape index (κ2) is 8.38. The predicted molar refractivity (Wildman–Crippen MR) is 80.3 cm³/mol. The third kappa shape index (κ3) is 6.78. The predicted octanol–water partition coefficient (Wildman–Crippen LogP) is 0.904. The number of ether oxygens (including phenoxy) is 1. The molecule has 5 nitrogen and oxygen atoms in total. The molecule has 0 bridgehead atoms. The van der Waals surface area contributed by atoms with Gasteiger partial charge in [-0.25, -0.2) is 0 Å². The molecule has 0 spiro atoms. The van der Waals surface area contributed by atoms with Crippen molar-refractivity contribution in [1.82, 2.24) is 10.2 Å². The first-order valence-electron chi connectivity index (χ1n) is 7.29. The van der Waals surface area contributed by atoms with Crippen LogP contribution >= 0.6 is 0 Å². The van der Waals surface area contributed by atoms with E-state index in [2.05, 4.69) is 29.1 Å². The maximum atomic E-state index is 5.87. The third-order valence-electron chi connectivity index (χ3n) is 3.32. The summed E-state index contributed by atoms with van der Waals surface area (Å²) in [6.45, 7) is 11.6. The molecule has 1 heterocycles. The lowest BCUT2D eigenvalue weighted by molar-refractivity contribution is 0.179. The molecule has 0 aromatic carbocycles. The molecule has 1 saturated heterocycles. The summed E-state index contributed by atoms with van der Waals surface area (Å²) in [6, 6.07) is 0.203. The van der Waals surface area contributed by atoms with E-state index in [0.29, 0.717) is 18.5 Å². The lowest BCUT2D eigenvalue weighted by atomic mass is 10.1. The Morgan fingerprint density at radius 2 is 2.21 bits per heavy atom. The SMILES string of the molecule is COCC(C)NC(N)=NCC1CCN(CC(C)C)C1. The van der Waals surface area contributed by atoms with E-state index in [0.717, 1.165) is 19.0 Å². The van der Waals surface area contributed by atoms with Gasteiger partial charge in [-0.05, 0) is 31.7 Å². The quantitative estimate of drug-likeness (QED) is 0.533. The Morgan fingerprint density at radius 3 is 2.84 bits per heavy atom. The Hall–Kier alpha value is -0.810. The Labute approximate surface area is 117 Å². The number of likely N-dealkylation sites (tertiary alicyclic amines) is 1. The van der Waals surface area contributed by atoms with Gasteiger partial charge in [-0.1, -0.05) is 13.8 Å². The van der Waals surface area contributed by atoms with Gasteiger partial charge in [-0.3, -0.25) is 4.99 Å². The van der Waals surface area contributed by atoms with Crippen molar-refractivity contribution in [2.75, 3.05) is 39.9 Å². The van der Waals surface area contributed by atoms with E-state index in [1.807, 2.05) is 6.92 Å². The minimum absolute atomic E-state index is 0.203. The van der Waals surface area contributed by atoms with Crippen LogP contribution in [0.15, 0.2) is 4.99 Å². The Balaban J connectivity index is 2.25. The Kier molecular flexibility index (Phi) is 7.16. The van der Waals surface area contributed by atoms with Gasteiger partial charge >= 0.3 is 0 Å². The molecule has 0 saturated carbocycles. The van der Waals surface area contributed by atoms with Crippen molar-refractivity contribution in [1.29, 1.82) is 0 Å². The van der Waals surface area contributed by atoms with Crippen molar-refractivity contribution < 1.29 is 4.74 Å². The van der Waals surface area contributed by atoms with E-state index in [1.54, 1.807) is 7.11 Å². The van der Waals surface area contributed by atoms with E-state index in [-0.39, 0.29) is 6.04 Å². The van der Waals surface area contributed by atoms with Crippen LogP contribution in [0.25, 0.3) is 0 Å².